The fraction of sp³-hybridized carbons (Fsp3) is 0.273. The fourth-order valence-corrected chi connectivity index (χ4v) is 4.37. The van der Waals surface area contributed by atoms with E-state index in [0.717, 1.165) is 36.0 Å². The second-order valence-corrected chi connectivity index (χ2v) is 8.43. The van der Waals surface area contributed by atoms with E-state index >= 15 is 0 Å². The summed E-state index contributed by atoms with van der Waals surface area (Å²) in [7, 11) is 0. The summed E-state index contributed by atoms with van der Waals surface area (Å²) in [6.07, 6.45) is 2.26. The van der Waals surface area contributed by atoms with Crippen molar-refractivity contribution in [2.75, 3.05) is 19.6 Å². The van der Waals surface area contributed by atoms with E-state index in [4.69, 9.17) is 16.0 Å². The molecule has 3 aromatic rings. The van der Waals surface area contributed by atoms with Gasteiger partial charge in [0.25, 0.3) is 5.91 Å². The number of carbonyl (C=O) groups is 1. The van der Waals surface area contributed by atoms with Crippen LogP contribution in [0.2, 0.25) is 5.02 Å². The van der Waals surface area contributed by atoms with Crippen LogP contribution in [0, 0.1) is 0 Å². The first-order valence-electron chi connectivity index (χ1n) is 9.53. The van der Waals surface area contributed by atoms with Crippen molar-refractivity contribution in [3.05, 3.63) is 79.6 Å². The van der Waals surface area contributed by atoms with Crippen molar-refractivity contribution in [2.45, 2.75) is 18.9 Å². The first-order valence-corrected chi connectivity index (χ1v) is 10.7. The van der Waals surface area contributed by atoms with Gasteiger partial charge in [-0.15, -0.1) is 12.4 Å². The van der Waals surface area contributed by atoms with Gasteiger partial charge in [-0.2, -0.15) is 0 Å². The van der Waals surface area contributed by atoms with Crippen LogP contribution in [-0.4, -0.2) is 30.4 Å². The van der Waals surface area contributed by atoms with Gasteiger partial charge in [0, 0.05) is 22.1 Å². The Morgan fingerprint density at radius 2 is 1.90 bits per heavy atom. The maximum absolute atomic E-state index is 12.7. The predicted molar refractivity (Wildman–Crippen MR) is 125 cm³/mol. The van der Waals surface area contributed by atoms with Crippen molar-refractivity contribution >= 4 is 56.8 Å². The average Bonchev–Trinajstić information content (AvgIpc) is 3.24. The number of amides is 1. The number of fused-ring (bicyclic) bond motifs is 1. The first-order chi connectivity index (χ1) is 14.0. The number of nitrogens with zero attached hydrogens (tertiary/aromatic N) is 1. The molecule has 1 saturated heterocycles. The summed E-state index contributed by atoms with van der Waals surface area (Å²) in [5, 5.41) is 4.04. The Hall–Kier alpha value is -1.86. The molecule has 1 N–H and O–H groups in total. The number of benzene rings is 2. The Morgan fingerprint density at radius 1 is 1.17 bits per heavy atom. The lowest BCUT2D eigenvalue weighted by Gasteiger charge is -2.28. The highest BCUT2D eigenvalue weighted by atomic mass is 79.9. The number of halogens is 3. The van der Waals surface area contributed by atoms with Crippen molar-refractivity contribution in [3.63, 3.8) is 0 Å². The van der Waals surface area contributed by atoms with Crippen molar-refractivity contribution in [2.24, 2.45) is 0 Å². The molecule has 0 radical (unpaired) electrons. The van der Waals surface area contributed by atoms with Crippen LogP contribution < -0.4 is 10.7 Å². The summed E-state index contributed by atoms with van der Waals surface area (Å²) in [6.45, 7) is 2.31. The molecule has 1 aliphatic heterocycles. The normalized spacial score (nSPS) is 15.0. The zero-order valence-electron chi connectivity index (χ0n) is 16.1. The van der Waals surface area contributed by atoms with Gasteiger partial charge in [-0.25, -0.2) is 0 Å². The molecule has 1 fully saturated rings. The number of hydrogen-bond acceptors (Lipinski definition) is 4. The lowest BCUT2D eigenvalue weighted by molar-refractivity contribution is 0.0910. The molecule has 1 unspecified atom stereocenters. The first kappa shape index (κ1) is 22.8. The predicted octanol–water partition coefficient (Wildman–Crippen LogP) is 5.20. The molecule has 0 bridgehead atoms. The molecular weight excluding hydrogens is 491 g/mol. The van der Waals surface area contributed by atoms with Crippen LogP contribution in [-0.2, 0) is 0 Å². The van der Waals surface area contributed by atoms with Crippen LogP contribution >= 0.6 is 39.9 Å². The number of likely N-dealkylation sites (tertiary alicyclic amines) is 1. The molecule has 0 saturated carbocycles. The number of rotatable bonds is 5. The van der Waals surface area contributed by atoms with E-state index in [1.54, 1.807) is 18.2 Å². The van der Waals surface area contributed by atoms with Gasteiger partial charge in [-0.05, 0) is 55.8 Å². The summed E-state index contributed by atoms with van der Waals surface area (Å²) in [5.41, 5.74) is 1.12. The Labute approximate surface area is 193 Å². The van der Waals surface area contributed by atoms with Crippen LogP contribution in [0.5, 0.6) is 0 Å². The van der Waals surface area contributed by atoms with Crippen molar-refractivity contribution < 1.29 is 9.21 Å². The maximum Gasteiger partial charge on any atom is 0.287 e. The minimum Gasteiger partial charge on any atom is -0.451 e. The van der Waals surface area contributed by atoms with Gasteiger partial charge < -0.3 is 9.73 Å². The van der Waals surface area contributed by atoms with E-state index in [-0.39, 0.29) is 29.6 Å². The van der Waals surface area contributed by atoms with Crippen molar-refractivity contribution in [3.8, 4) is 0 Å². The second-order valence-electron chi connectivity index (χ2n) is 7.11. The van der Waals surface area contributed by atoms with E-state index in [1.807, 2.05) is 24.3 Å². The van der Waals surface area contributed by atoms with Gasteiger partial charge in [-0.3, -0.25) is 14.5 Å². The molecule has 4 rings (SSSR count). The van der Waals surface area contributed by atoms with E-state index in [1.165, 1.54) is 6.07 Å². The highest BCUT2D eigenvalue weighted by Gasteiger charge is 2.26. The summed E-state index contributed by atoms with van der Waals surface area (Å²) >= 11 is 9.77. The smallest absolute Gasteiger partial charge is 0.287 e. The van der Waals surface area contributed by atoms with Crippen molar-refractivity contribution in [1.29, 1.82) is 0 Å². The zero-order valence-corrected chi connectivity index (χ0v) is 19.2. The summed E-state index contributed by atoms with van der Waals surface area (Å²) in [4.78, 5) is 27.5. The molecule has 0 spiro atoms. The van der Waals surface area contributed by atoms with Gasteiger partial charge in [0.05, 0.1) is 11.4 Å². The molecule has 1 aromatic heterocycles. The highest BCUT2D eigenvalue weighted by molar-refractivity contribution is 9.10. The van der Waals surface area contributed by atoms with Gasteiger partial charge in [0.1, 0.15) is 5.58 Å². The molecule has 0 aliphatic carbocycles. The molecule has 2 heterocycles. The van der Waals surface area contributed by atoms with Gasteiger partial charge in [0.15, 0.2) is 11.2 Å². The molecule has 8 heteroatoms. The number of hydrogen-bond donors (Lipinski definition) is 1. The lowest BCUT2D eigenvalue weighted by Crippen LogP contribution is -2.37. The SMILES string of the molecule is Cl.O=C(NCC(c1ccccc1Cl)N1CCCC1)c1cc(=O)c2cc(Br)ccc2o1. The van der Waals surface area contributed by atoms with Crippen LogP contribution in [0.25, 0.3) is 11.0 Å². The standard InChI is InChI=1S/C22H20BrClN2O3.ClH/c23-14-7-8-20-16(11-14)19(27)12-21(29-20)22(28)25-13-18(26-9-3-4-10-26)15-5-1-2-6-17(15)24;/h1-2,5-8,11-12,18H,3-4,9-10,13H2,(H,25,28);1H. The Morgan fingerprint density at radius 3 is 2.63 bits per heavy atom. The molecule has 1 aliphatic rings. The topological polar surface area (TPSA) is 62.6 Å². The summed E-state index contributed by atoms with van der Waals surface area (Å²) < 4.78 is 6.45. The molecular formula is C22H21BrCl2N2O3. The molecule has 158 valence electrons. The molecule has 30 heavy (non-hydrogen) atoms. The third-order valence-electron chi connectivity index (χ3n) is 5.21. The van der Waals surface area contributed by atoms with Crippen LogP contribution in [0.3, 0.4) is 0 Å². The van der Waals surface area contributed by atoms with Gasteiger partial charge >= 0.3 is 0 Å². The van der Waals surface area contributed by atoms with Crippen LogP contribution in [0.4, 0.5) is 0 Å². The minimum absolute atomic E-state index is 0. The Kier molecular flexibility index (Phi) is 7.58. The monoisotopic (exact) mass is 510 g/mol. The van der Waals surface area contributed by atoms with E-state index in [9.17, 15) is 9.59 Å². The number of carbonyl (C=O) groups excluding carboxylic acids is 1. The Balaban J connectivity index is 0.00000256. The van der Waals surface area contributed by atoms with E-state index in [0.29, 0.717) is 22.5 Å². The fourth-order valence-electron chi connectivity index (χ4n) is 3.75. The number of nitrogens with one attached hydrogen (secondary N) is 1. The quantitative estimate of drug-likeness (QED) is 0.511. The largest absolute Gasteiger partial charge is 0.451 e. The van der Waals surface area contributed by atoms with Gasteiger partial charge in [-0.1, -0.05) is 45.7 Å². The van der Waals surface area contributed by atoms with E-state index < -0.39 is 5.91 Å². The second kappa shape index (κ2) is 9.96. The Bertz CT molecular complexity index is 1110. The third kappa shape index (κ3) is 4.89. The van der Waals surface area contributed by atoms with Crippen LogP contribution in [0.1, 0.15) is 35.0 Å². The van der Waals surface area contributed by atoms with Gasteiger partial charge in [0.2, 0.25) is 0 Å². The van der Waals surface area contributed by atoms with Crippen LogP contribution in [0.15, 0.2) is 62.2 Å². The lowest BCUT2D eigenvalue weighted by atomic mass is 10.1. The maximum atomic E-state index is 12.7. The molecule has 5 nitrogen and oxygen atoms in total. The third-order valence-corrected chi connectivity index (χ3v) is 6.05. The zero-order chi connectivity index (χ0) is 20.4. The summed E-state index contributed by atoms with van der Waals surface area (Å²) in [5.74, 6) is -0.410. The molecule has 1 atom stereocenters. The molecule has 1 amide bonds. The van der Waals surface area contributed by atoms with Crippen molar-refractivity contribution in [1.82, 2.24) is 10.2 Å². The highest BCUT2D eigenvalue weighted by Crippen LogP contribution is 2.29. The molecule has 2 aromatic carbocycles. The summed E-state index contributed by atoms with van der Waals surface area (Å²) in [6, 6.07) is 14.0. The average molecular weight is 512 g/mol. The van der Waals surface area contributed by atoms with E-state index in [2.05, 4.69) is 26.1 Å². The minimum atomic E-state index is -0.414.